The summed E-state index contributed by atoms with van der Waals surface area (Å²) in [6, 6.07) is 5.87. The highest BCUT2D eigenvalue weighted by Gasteiger charge is 2.19. The van der Waals surface area contributed by atoms with E-state index >= 15 is 0 Å². The third-order valence-electron chi connectivity index (χ3n) is 4.62. The minimum Gasteiger partial charge on any atom is -0.371 e. The maximum atomic E-state index is 13.6. The second-order valence-electron chi connectivity index (χ2n) is 6.17. The molecule has 2 saturated heterocycles. The summed E-state index contributed by atoms with van der Waals surface area (Å²) in [5.74, 6) is -0.100. The van der Waals surface area contributed by atoms with E-state index in [0.29, 0.717) is 6.04 Å². The Labute approximate surface area is 121 Å². The van der Waals surface area contributed by atoms with E-state index in [4.69, 9.17) is 0 Å². The quantitative estimate of drug-likeness (QED) is 0.909. The van der Waals surface area contributed by atoms with Crippen LogP contribution in [0, 0.1) is 5.82 Å². The van der Waals surface area contributed by atoms with Gasteiger partial charge in [0.1, 0.15) is 5.82 Å². The number of nitrogens with zero attached hydrogens (tertiary/aromatic N) is 1. The van der Waals surface area contributed by atoms with Gasteiger partial charge >= 0.3 is 0 Å². The van der Waals surface area contributed by atoms with Crippen LogP contribution in [0.3, 0.4) is 0 Å². The first kappa shape index (κ1) is 13.9. The zero-order valence-electron chi connectivity index (χ0n) is 12.2. The molecule has 2 fully saturated rings. The van der Waals surface area contributed by atoms with Gasteiger partial charge < -0.3 is 10.2 Å². The molecule has 0 aliphatic carbocycles. The van der Waals surface area contributed by atoms with Crippen molar-refractivity contribution in [3.63, 3.8) is 0 Å². The molecular formula is C17H25FN2. The molecule has 2 aliphatic rings. The van der Waals surface area contributed by atoms with E-state index in [9.17, 15) is 4.39 Å². The lowest BCUT2D eigenvalue weighted by Gasteiger charge is -2.32. The van der Waals surface area contributed by atoms with E-state index in [-0.39, 0.29) is 5.82 Å². The number of piperidine rings is 2. The minimum absolute atomic E-state index is 0.100. The van der Waals surface area contributed by atoms with Crippen molar-refractivity contribution in [3.8, 4) is 0 Å². The highest BCUT2D eigenvalue weighted by molar-refractivity contribution is 5.54. The van der Waals surface area contributed by atoms with Gasteiger partial charge in [-0.1, -0.05) is 6.42 Å². The van der Waals surface area contributed by atoms with Gasteiger partial charge in [-0.05, 0) is 68.8 Å². The topological polar surface area (TPSA) is 15.3 Å². The van der Waals surface area contributed by atoms with E-state index < -0.39 is 0 Å². The van der Waals surface area contributed by atoms with Crippen LogP contribution >= 0.6 is 0 Å². The van der Waals surface area contributed by atoms with Crippen LogP contribution < -0.4 is 10.2 Å². The smallest absolute Gasteiger partial charge is 0.123 e. The van der Waals surface area contributed by atoms with Gasteiger partial charge in [0.15, 0.2) is 0 Å². The molecule has 0 amide bonds. The molecule has 20 heavy (non-hydrogen) atoms. The van der Waals surface area contributed by atoms with Crippen LogP contribution in [0.4, 0.5) is 10.1 Å². The fourth-order valence-electron chi connectivity index (χ4n) is 3.52. The predicted octanol–water partition coefficient (Wildman–Crippen LogP) is 3.50. The Balaban J connectivity index is 1.77. The molecule has 0 bridgehead atoms. The molecule has 2 nitrogen and oxygen atoms in total. The van der Waals surface area contributed by atoms with Crippen molar-refractivity contribution in [2.75, 3.05) is 24.5 Å². The first-order valence-corrected chi connectivity index (χ1v) is 8.10. The first-order valence-electron chi connectivity index (χ1n) is 8.10. The minimum atomic E-state index is -0.100. The number of rotatable bonds is 3. The lowest BCUT2D eigenvalue weighted by molar-refractivity contribution is 0.398. The average Bonchev–Trinajstić information content (AvgIpc) is 2.49. The molecule has 2 heterocycles. The number of halogens is 1. The Bertz CT molecular complexity index is 435. The van der Waals surface area contributed by atoms with Gasteiger partial charge in [-0.2, -0.15) is 0 Å². The maximum Gasteiger partial charge on any atom is 0.123 e. The molecule has 0 radical (unpaired) electrons. The van der Waals surface area contributed by atoms with Gasteiger partial charge in [0, 0.05) is 24.8 Å². The number of hydrogen-bond donors (Lipinski definition) is 1. The third-order valence-corrected chi connectivity index (χ3v) is 4.62. The van der Waals surface area contributed by atoms with E-state index in [1.807, 2.05) is 6.07 Å². The lowest BCUT2D eigenvalue weighted by Crippen LogP contribution is -2.36. The lowest BCUT2D eigenvalue weighted by atomic mass is 9.96. The molecule has 1 aromatic carbocycles. The van der Waals surface area contributed by atoms with E-state index in [1.165, 1.54) is 49.8 Å². The van der Waals surface area contributed by atoms with Crippen LogP contribution in [0.5, 0.6) is 0 Å². The van der Waals surface area contributed by atoms with Crippen LogP contribution in [-0.2, 0) is 6.42 Å². The fraction of sp³-hybridized carbons (Fsp3) is 0.647. The number of hydrogen-bond acceptors (Lipinski definition) is 2. The number of benzene rings is 1. The summed E-state index contributed by atoms with van der Waals surface area (Å²) in [4.78, 5) is 2.45. The standard InChI is InChI=1S/C17H25FN2/c18-15-7-8-17(20-10-4-1-5-11-20)14(12-15)13-16-6-2-3-9-19-16/h7-8,12,16,19H,1-6,9-11,13H2. The summed E-state index contributed by atoms with van der Waals surface area (Å²) in [6.07, 6.45) is 8.61. The van der Waals surface area contributed by atoms with Crippen molar-refractivity contribution in [1.82, 2.24) is 5.32 Å². The molecule has 1 unspecified atom stereocenters. The highest BCUT2D eigenvalue weighted by atomic mass is 19.1. The van der Waals surface area contributed by atoms with Crippen molar-refractivity contribution in [1.29, 1.82) is 0 Å². The first-order chi connectivity index (χ1) is 9.83. The van der Waals surface area contributed by atoms with Crippen molar-refractivity contribution in [2.24, 2.45) is 0 Å². The number of anilines is 1. The van der Waals surface area contributed by atoms with Crippen molar-refractivity contribution in [2.45, 2.75) is 51.0 Å². The Morgan fingerprint density at radius 2 is 1.95 bits per heavy atom. The second kappa shape index (κ2) is 6.57. The molecular weight excluding hydrogens is 251 g/mol. The highest BCUT2D eigenvalue weighted by Crippen LogP contribution is 2.27. The summed E-state index contributed by atoms with van der Waals surface area (Å²) < 4.78 is 13.6. The molecule has 3 heteroatoms. The molecule has 110 valence electrons. The largest absolute Gasteiger partial charge is 0.371 e. The van der Waals surface area contributed by atoms with Crippen molar-refractivity contribution < 1.29 is 4.39 Å². The average molecular weight is 276 g/mol. The van der Waals surface area contributed by atoms with Gasteiger partial charge in [-0.25, -0.2) is 4.39 Å². The van der Waals surface area contributed by atoms with E-state index in [2.05, 4.69) is 10.2 Å². The summed E-state index contributed by atoms with van der Waals surface area (Å²) >= 11 is 0. The summed E-state index contributed by atoms with van der Waals surface area (Å²) in [5.41, 5.74) is 2.45. The van der Waals surface area contributed by atoms with E-state index in [1.54, 1.807) is 12.1 Å². The Hall–Kier alpha value is -1.09. The maximum absolute atomic E-state index is 13.6. The zero-order valence-corrected chi connectivity index (χ0v) is 12.2. The molecule has 0 saturated carbocycles. The van der Waals surface area contributed by atoms with Crippen LogP contribution in [0.2, 0.25) is 0 Å². The molecule has 0 spiro atoms. The van der Waals surface area contributed by atoms with Gasteiger partial charge in [-0.15, -0.1) is 0 Å². The number of nitrogens with one attached hydrogen (secondary N) is 1. The summed E-state index contributed by atoms with van der Waals surface area (Å²) in [5, 5.41) is 3.58. The van der Waals surface area contributed by atoms with Crippen LogP contribution in [0.15, 0.2) is 18.2 Å². The molecule has 1 N–H and O–H groups in total. The monoisotopic (exact) mass is 276 g/mol. The van der Waals surface area contributed by atoms with Crippen LogP contribution in [-0.4, -0.2) is 25.7 Å². The molecule has 0 aromatic heterocycles. The van der Waals surface area contributed by atoms with E-state index in [0.717, 1.165) is 26.1 Å². The fourth-order valence-corrected chi connectivity index (χ4v) is 3.52. The van der Waals surface area contributed by atoms with Gasteiger partial charge in [-0.3, -0.25) is 0 Å². The van der Waals surface area contributed by atoms with Gasteiger partial charge in [0.25, 0.3) is 0 Å². The molecule has 1 atom stereocenters. The Kier molecular flexibility index (Phi) is 4.56. The van der Waals surface area contributed by atoms with Crippen LogP contribution in [0.25, 0.3) is 0 Å². The van der Waals surface area contributed by atoms with Gasteiger partial charge in [0.05, 0.1) is 0 Å². The second-order valence-corrected chi connectivity index (χ2v) is 6.17. The molecule has 2 aliphatic heterocycles. The SMILES string of the molecule is Fc1ccc(N2CCCCC2)c(CC2CCCCN2)c1. The predicted molar refractivity (Wildman–Crippen MR) is 81.8 cm³/mol. The molecule has 3 rings (SSSR count). The Morgan fingerprint density at radius 3 is 2.70 bits per heavy atom. The van der Waals surface area contributed by atoms with Crippen molar-refractivity contribution in [3.05, 3.63) is 29.6 Å². The third kappa shape index (κ3) is 3.32. The zero-order chi connectivity index (χ0) is 13.8. The summed E-state index contributed by atoms with van der Waals surface area (Å²) in [7, 11) is 0. The normalized spacial score (nSPS) is 23.9. The Morgan fingerprint density at radius 1 is 1.10 bits per heavy atom. The van der Waals surface area contributed by atoms with Crippen molar-refractivity contribution >= 4 is 5.69 Å². The molecule has 1 aromatic rings. The summed E-state index contributed by atoms with van der Waals surface area (Å²) in [6.45, 7) is 3.35. The van der Waals surface area contributed by atoms with Gasteiger partial charge in [0.2, 0.25) is 0 Å². The van der Waals surface area contributed by atoms with Crippen LogP contribution in [0.1, 0.15) is 44.1 Å².